The number of ether oxygens (including phenoxy) is 2. The van der Waals surface area contributed by atoms with Crippen LogP contribution in [0.1, 0.15) is 6.92 Å². The molecule has 0 spiro atoms. The summed E-state index contributed by atoms with van der Waals surface area (Å²) in [7, 11) is -3.59. The lowest BCUT2D eigenvalue weighted by Crippen LogP contribution is -2.27. The molecule has 0 amide bonds. The highest BCUT2D eigenvalue weighted by Gasteiger charge is 2.13. The van der Waals surface area contributed by atoms with Gasteiger partial charge in [-0.25, -0.2) is 17.9 Å². The van der Waals surface area contributed by atoms with Gasteiger partial charge in [0.15, 0.2) is 6.61 Å². The molecule has 0 aromatic heterocycles. The van der Waals surface area contributed by atoms with Crippen molar-refractivity contribution in [2.24, 2.45) is 0 Å². The molecule has 8 heteroatoms. The number of benzene rings is 1. The van der Waals surface area contributed by atoms with Gasteiger partial charge in [-0.05, 0) is 31.2 Å². The van der Waals surface area contributed by atoms with Crippen molar-refractivity contribution in [1.82, 2.24) is 4.72 Å². The van der Waals surface area contributed by atoms with Gasteiger partial charge in [0, 0.05) is 13.2 Å². The molecule has 1 aromatic rings. The average molecular weight is 303 g/mol. The molecular formula is C12H17NO6S. The van der Waals surface area contributed by atoms with E-state index >= 15 is 0 Å². The minimum Gasteiger partial charge on any atom is -0.482 e. The standard InChI is InChI=1S/C12H17NO6S/c1-2-18-8-7-13-20(16,17)11-5-3-10(4-6-11)19-9-12(14)15/h3-6,13H,2,7-9H2,1H3,(H,14,15). The first-order valence-corrected chi connectivity index (χ1v) is 7.46. The third-order valence-corrected chi connectivity index (χ3v) is 3.72. The minimum absolute atomic E-state index is 0.0803. The summed E-state index contributed by atoms with van der Waals surface area (Å²) in [6, 6.07) is 5.50. The van der Waals surface area contributed by atoms with Crippen LogP contribution in [0.15, 0.2) is 29.2 Å². The Hall–Kier alpha value is -1.64. The molecule has 1 aromatic carbocycles. The lowest BCUT2D eigenvalue weighted by molar-refractivity contribution is -0.139. The molecule has 0 bridgehead atoms. The van der Waals surface area contributed by atoms with Crippen LogP contribution in [0.25, 0.3) is 0 Å². The van der Waals surface area contributed by atoms with E-state index < -0.39 is 22.6 Å². The first-order chi connectivity index (χ1) is 9.45. The van der Waals surface area contributed by atoms with Crippen molar-refractivity contribution in [3.63, 3.8) is 0 Å². The second-order valence-electron chi connectivity index (χ2n) is 3.75. The van der Waals surface area contributed by atoms with Gasteiger partial charge in [-0.15, -0.1) is 0 Å². The van der Waals surface area contributed by atoms with Crippen molar-refractivity contribution in [3.05, 3.63) is 24.3 Å². The number of sulfonamides is 1. The molecule has 1 rings (SSSR count). The van der Waals surface area contributed by atoms with E-state index in [1.165, 1.54) is 24.3 Å². The molecule has 0 atom stereocenters. The zero-order chi connectivity index (χ0) is 15.0. The molecule has 0 fully saturated rings. The van der Waals surface area contributed by atoms with Gasteiger partial charge >= 0.3 is 5.97 Å². The van der Waals surface area contributed by atoms with Crippen LogP contribution in [0.4, 0.5) is 0 Å². The van der Waals surface area contributed by atoms with Gasteiger partial charge in [0.25, 0.3) is 0 Å². The van der Waals surface area contributed by atoms with Crippen LogP contribution in [0.3, 0.4) is 0 Å². The van der Waals surface area contributed by atoms with Gasteiger partial charge in [0.1, 0.15) is 5.75 Å². The normalized spacial score (nSPS) is 11.2. The maximum absolute atomic E-state index is 11.9. The summed E-state index contributed by atoms with van der Waals surface area (Å²) in [5.74, 6) is -0.806. The highest BCUT2D eigenvalue weighted by atomic mass is 32.2. The first-order valence-electron chi connectivity index (χ1n) is 5.98. The molecule has 0 aliphatic heterocycles. The summed E-state index contributed by atoms with van der Waals surface area (Å²) in [5, 5.41) is 8.46. The number of hydrogen-bond donors (Lipinski definition) is 2. The monoisotopic (exact) mass is 303 g/mol. The number of rotatable bonds is 9. The van der Waals surface area contributed by atoms with E-state index in [9.17, 15) is 13.2 Å². The fourth-order valence-corrected chi connectivity index (χ4v) is 2.35. The van der Waals surface area contributed by atoms with Crippen molar-refractivity contribution in [2.45, 2.75) is 11.8 Å². The fourth-order valence-electron chi connectivity index (χ4n) is 1.34. The van der Waals surface area contributed by atoms with E-state index in [4.69, 9.17) is 14.6 Å². The Bertz CT molecular complexity index is 525. The largest absolute Gasteiger partial charge is 0.482 e. The van der Waals surface area contributed by atoms with Crippen molar-refractivity contribution in [2.75, 3.05) is 26.4 Å². The molecule has 112 valence electrons. The molecule has 0 radical (unpaired) electrons. The van der Waals surface area contributed by atoms with Crippen LogP contribution < -0.4 is 9.46 Å². The van der Waals surface area contributed by atoms with Crippen LogP contribution in [0, 0.1) is 0 Å². The minimum atomic E-state index is -3.59. The van der Waals surface area contributed by atoms with Gasteiger partial charge in [0.05, 0.1) is 11.5 Å². The molecule has 7 nitrogen and oxygen atoms in total. The van der Waals surface area contributed by atoms with E-state index in [1.54, 1.807) is 0 Å². The molecule has 0 saturated heterocycles. The second kappa shape index (κ2) is 7.83. The summed E-state index contributed by atoms with van der Waals surface area (Å²) in [4.78, 5) is 10.4. The highest BCUT2D eigenvalue weighted by molar-refractivity contribution is 7.89. The Labute approximate surface area is 117 Å². The molecule has 2 N–H and O–H groups in total. The third-order valence-electron chi connectivity index (χ3n) is 2.24. The fraction of sp³-hybridized carbons (Fsp3) is 0.417. The van der Waals surface area contributed by atoms with E-state index in [0.717, 1.165) is 0 Å². The maximum Gasteiger partial charge on any atom is 0.341 e. The quantitative estimate of drug-likeness (QED) is 0.643. The third kappa shape index (κ3) is 5.55. The number of carbonyl (C=O) groups is 1. The summed E-state index contributed by atoms with van der Waals surface area (Å²) >= 11 is 0. The van der Waals surface area contributed by atoms with Gasteiger partial charge in [-0.2, -0.15) is 0 Å². The Morgan fingerprint density at radius 1 is 1.30 bits per heavy atom. The Balaban J connectivity index is 2.60. The van der Waals surface area contributed by atoms with Crippen LogP contribution in [0.2, 0.25) is 0 Å². The number of hydrogen-bond acceptors (Lipinski definition) is 5. The molecule has 0 aliphatic rings. The number of aliphatic carboxylic acids is 1. The molecule has 0 unspecified atom stereocenters. The van der Waals surface area contributed by atoms with Crippen LogP contribution in [-0.2, 0) is 19.6 Å². The van der Waals surface area contributed by atoms with Crippen LogP contribution in [-0.4, -0.2) is 45.9 Å². The van der Waals surface area contributed by atoms with Crippen molar-refractivity contribution >= 4 is 16.0 Å². The van der Waals surface area contributed by atoms with Gasteiger partial charge < -0.3 is 14.6 Å². The highest BCUT2D eigenvalue weighted by Crippen LogP contribution is 2.15. The van der Waals surface area contributed by atoms with E-state index in [-0.39, 0.29) is 11.4 Å². The van der Waals surface area contributed by atoms with Gasteiger partial charge in [0.2, 0.25) is 10.0 Å². The summed E-state index contributed by atoms with van der Waals surface area (Å²) < 4.78 is 36.1. The van der Waals surface area contributed by atoms with Crippen LogP contribution >= 0.6 is 0 Å². The molecule has 0 saturated carbocycles. The molecule has 0 heterocycles. The summed E-state index contributed by atoms with van der Waals surface area (Å²) in [6.45, 7) is 2.36. The summed E-state index contributed by atoms with van der Waals surface area (Å²) in [6.07, 6.45) is 0. The van der Waals surface area contributed by atoms with Crippen molar-refractivity contribution < 1.29 is 27.8 Å². The molecular weight excluding hydrogens is 286 g/mol. The first kappa shape index (κ1) is 16.4. The maximum atomic E-state index is 11.9. The smallest absolute Gasteiger partial charge is 0.341 e. The molecule has 0 aliphatic carbocycles. The van der Waals surface area contributed by atoms with E-state index in [0.29, 0.717) is 19.0 Å². The van der Waals surface area contributed by atoms with Crippen molar-refractivity contribution in [1.29, 1.82) is 0 Å². The van der Waals surface area contributed by atoms with E-state index in [1.807, 2.05) is 6.92 Å². The zero-order valence-corrected chi connectivity index (χ0v) is 11.9. The molecule has 20 heavy (non-hydrogen) atoms. The number of carboxylic acid groups (broad SMARTS) is 1. The summed E-state index contributed by atoms with van der Waals surface area (Å²) in [5.41, 5.74) is 0. The second-order valence-corrected chi connectivity index (χ2v) is 5.52. The lowest BCUT2D eigenvalue weighted by Gasteiger charge is -2.08. The number of carboxylic acids is 1. The van der Waals surface area contributed by atoms with Gasteiger partial charge in [-0.3, -0.25) is 0 Å². The topological polar surface area (TPSA) is 102 Å². The Kier molecular flexibility index (Phi) is 6.43. The zero-order valence-electron chi connectivity index (χ0n) is 11.0. The van der Waals surface area contributed by atoms with Gasteiger partial charge in [-0.1, -0.05) is 0 Å². The Morgan fingerprint density at radius 3 is 2.50 bits per heavy atom. The average Bonchev–Trinajstić information content (AvgIpc) is 2.42. The van der Waals surface area contributed by atoms with E-state index in [2.05, 4.69) is 4.72 Å². The predicted molar refractivity (Wildman–Crippen MR) is 71.3 cm³/mol. The van der Waals surface area contributed by atoms with Crippen molar-refractivity contribution in [3.8, 4) is 5.75 Å². The SMILES string of the molecule is CCOCCNS(=O)(=O)c1ccc(OCC(=O)O)cc1. The number of nitrogens with one attached hydrogen (secondary N) is 1. The lowest BCUT2D eigenvalue weighted by atomic mass is 10.3. The van der Waals surface area contributed by atoms with Crippen LogP contribution in [0.5, 0.6) is 5.75 Å². The predicted octanol–water partition coefficient (Wildman–Crippen LogP) is 0.465. The Morgan fingerprint density at radius 2 is 1.95 bits per heavy atom.